The van der Waals surface area contributed by atoms with E-state index in [9.17, 15) is 0 Å². The first kappa shape index (κ1) is 27.6. The number of hydrogen-bond acceptors (Lipinski definition) is 6. The Balaban J connectivity index is 0.00000512. The van der Waals surface area contributed by atoms with Crippen LogP contribution in [0.5, 0.6) is 23.0 Å². The first-order valence-electron chi connectivity index (χ1n) is 10.1. The lowest BCUT2D eigenvalue weighted by atomic mass is 10.2. The minimum absolute atomic E-state index is 0. The van der Waals surface area contributed by atoms with Crippen LogP contribution in [0.3, 0.4) is 0 Å². The summed E-state index contributed by atoms with van der Waals surface area (Å²) in [4.78, 5) is 4.69. The van der Waals surface area contributed by atoms with Crippen LogP contribution in [0.15, 0.2) is 41.4 Å². The molecule has 0 amide bonds. The molecule has 0 aliphatic heterocycles. The smallest absolute Gasteiger partial charge is 0.203 e. The molecule has 8 nitrogen and oxygen atoms in total. The van der Waals surface area contributed by atoms with Gasteiger partial charge in [0.2, 0.25) is 5.75 Å². The quantitative estimate of drug-likeness (QED) is 0.184. The average molecular weight is 559 g/mol. The van der Waals surface area contributed by atoms with Crippen molar-refractivity contribution in [1.82, 2.24) is 5.32 Å². The number of rotatable bonds is 11. The van der Waals surface area contributed by atoms with Crippen LogP contribution in [0.4, 0.5) is 5.69 Å². The van der Waals surface area contributed by atoms with Gasteiger partial charge in [0.15, 0.2) is 17.5 Å². The number of ether oxygens (including phenoxy) is 5. The highest BCUT2D eigenvalue weighted by molar-refractivity contribution is 14.0. The molecule has 0 spiro atoms. The zero-order chi connectivity index (χ0) is 22.6. The fraction of sp³-hybridized carbons (Fsp3) is 0.435. The molecule has 0 saturated carbocycles. The van der Waals surface area contributed by atoms with E-state index < -0.39 is 0 Å². The lowest BCUT2D eigenvalue weighted by molar-refractivity contribution is 0.204. The van der Waals surface area contributed by atoms with E-state index in [1.54, 1.807) is 28.4 Å². The van der Waals surface area contributed by atoms with E-state index in [4.69, 9.17) is 28.7 Å². The summed E-state index contributed by atoms with van der Waals surface area (Å²) < 4.78 is 27.1. The van der Waals surface area contributed by atoms with Gasteiger partial charge in [-0.2, -0.15) is 0 Å². The number of nitrogens with one attached hydrogen (secondary N) is 2. The van der Waals surface area contributed by atoms with Gasteiger partial charge in [0, 0.05) is 19.3 Å². The van der Waals surface area contributed by atoms with Crippen LogP contribution in [-0.4, -0.2) is 53.7 Å². The van der Waals surface area contributed by atoms with Gasteiger partial charge < -0.3 is 34.3 Å². The molecule has 9 heteroatoms. The standard InChI is InChI=1S/C23H33N3O5.HI/c1-16(2)31-19-9-7-18(8-10-19)26-23(24-11-12-27-3)25-15-17-13-20(28-4)22(30-6)21(14-17)29-5;/h7-10,13-14,16H,11-12,15H2,1-6H3,(H2,24,25,26);1H. The maximum atomic E-state index is 5.70. The molecular weight excluding hydrogens is 525 g/mol. The average Bonchev–Trinajstić information content (AvgIpc) is 2.77. The van der Waals surface area contributed by atoms with Crippen LogP contribution in [0.1, 0.15) is 19.4 Å². The van der Waals surface area contributed by atoms with Crippen molar-refractivity contribution < 1.29 is 23.7 Å². The van der Waals surface area contributed by atoms with E-state index in [0.717, 1.165) is 17.0 Å². The van der Waals surface area contributed by atoms with Gasteiger partial charge in [-0.05, 0) is 55.8 Å². The number of aliphatic imine (C=N–C) groups is 1. The molecule has 2 aromatic carbocycles. The van der Waals surface area contributed by atoms with Crippen molar-refractivity contribution in [2.45, 2.75) is 26.5 Å². The molecule has 0 bridgehead atoms. The largest absolute Gasteiger partial charge is 0.493 e. The van der Waals surface area contributed by atoms with Crippen LogP contribution in [-0.2, 0) is 11.3 Å². The van der Waals surface area contributed by atoms with E-state index in [0.29, 0.717) is 42.9 Å². The Bertz CT molecular complexity index is 819. The Hall–Kier alpha value is -2.40. The topological polar surface area (TPSA) is 82.6 Å². The van der Waals surface area contributed by atoms with E-state index in [1.165, 1.54) is 0 Å². The third kappa shape index (κ3) is 8.62. The monoisotopic (exact) mass is 559 g/mol. The highest BCUT2D eigenvalue weighted by Gasteiger charge is 2.13. The van der Waals surface area contributed by atoms with Crippen molar-refractivity contribution in [3.05, 3.63) is 42.0 Å². The third-order valence-corrected chi connectivity index (χ3v) is 4.23. The summed E-state index contributed by atoms with van der Waals surface area (Å²) in [5, 5.41) is 6.57. The van der Waals surface area contributed by atoms with Crippen LogP contribution in [0, 0.1) is 0 Å². The summed E-state index contributed by atoms with van der Waals surface area (Å²) in [6.45, 7) is 5.59. The molecule has 0 unspecified atom stereocenters. The summed E-state index contributed by atoms with van der Waals surface area (Å²) in [5.74, 6) is 3.19. The Kier molecular flexibility index (Phi) is 12.6. The molecule has 2 N–H and O–H groups in total. The zero-order valence-electron chi connectivity index (χ0n) is 19.6. The highest BCUT2D eigenvalue weighted by atomic mass is 127. The molecule has 0 radical (unpaired) electrons. The number of nitrogens with zero attached hydrogens (tertiary/aromatic N) is 1. The Labute approximate surface area is 207 Å². The molecule has 0 fully saturated rings. The van der Waals surface area contributed by atoms with Crippen molar-refractivity contribution in [3.8, 4) is 23.0 Å². The minimum atomic E-state index is 0. The molecule has 2 rings (SSSR count). The molecule has 0 atom stereocenters. The second-order valence-corrected chi connectivity index (χ2v) is 6.93. The van der Waals surface area contributed by atoms with Gasteiger partial charge in [0.25, 0.3) is 0 Å². The minimum Gasteiger partial charge on any atom is -0.493 e. The second-order valence-electron chi connectivity index (χ2n) is 6.93. The fourth-order valence-electron chi connectivity index (χ4n) is 2.83. The van der Waals surface area contributed by atoms with E-state index >= 15 is 0 Å². The predicted molar refractivity (Wildman–Crippen MR) is 138 cm³/mol. The van der Waals surface area contributed by atoms with Gasteiger partial charge in [-0.3, -0.25) is 0 Å². The Morgan fingerprint density at radius 3 is 2.06 bits per heavy atom. The molecule has 0 aromatic heterocycles. The van der Waals surface area contributed by atoms with Crippen LogP contribution < -0.4 is 29.6 Å². The summed E-state index contributed by atoms with van der Waals surface area (Å²) in [6, 6.07) is 11.5. The first-order chi connectivity index (χ1) is 15.0. The Morgan fingerprint density at radius 1 is 0.938 bits per heavy atom. The van der Waals surface area contributed by atoms with Gasteiger partial charge >= 0.3 is 0 Å². The molecule has 0 aliphatic carbocycles. The Morgan fingerprint density at radius 2 is 1.56 bits per heavy atom. The molecule has 0 aliphatic rings. The third-order valence-electron chi connectivity index (χ3n) is 4.23. The van der Waals surface area contributed by atoms with Crippen molar-refractivity contribution in [2.24, 2.45) is 4.99 Å². The van der Waals surface area contributed by atoms with Crippen molar-refractivity contribution in [1.29, 1.82) is 0 Å². The van der Waals surface area contributed by atoms with Gasteiger partial charge in [0.05, 0.1) is 40.6 Å². The van der Waals surface area contributed by atoms with Crippen LogP contribution in [0.2, 0.25) is 0 Å². The zero-order valence-corrected chi connectivity index (χ0v) is 21.9. The molecular formula is C23H34IN3O5. The SMILES string of the molecule is COCCNC(=NCc1cc(OC)c(OC)c(OC)c1)Nc1ccc(OC(C)C)cc1.I. The van der Waals surface area contributed by atoms with Crippen LogP contribution >= 0.6 is 24.0 Å². The lowest BCUT2D eigenvalue weighted by Gasteiger charge is -2.15. The number of benzene rings is 2. The van der Waals surface area contributed by atoms with Gasteiger partial charge in [0.1, 0.15) is 5.75 Å². The maximum absolute atomic E-state index is 5.70. The fourth-order valence-corrected chi connectivity index (χ4v) is 2.83. The van der Waals surface area contributed by atoms with Gasteiger partial charge in [-0.1, -0.05) is 0 Å². The predicted octanol–water partition coefficient (Wildman–Crippen LogP) is 4.32. The number of anilines is 1. The second kappa shape index (κ2) is 14.6. The van der Waals surface area contributed by atoms with E-state index in [-0.39, 0.29) is 30.1 Å². The van der Waals surface area contributed by atoms with Crippen molar-refractivity contribution in [3.63, 3.8) is 0 Å². The molecule has 32 heavy (non-hydrogen) atoms. The summed E-state index contributed by atoms with van der Waals surface area (Å²) in [6.07, 6.45) is 0.130. The highest BCUT2D eigenvalue weighted by Crippen LogP contribution is 2.38. The van der Waals surface area contributed by atoms with Crippen LogP contribution in [0.25, 0.3) is 0 Å². The summed E-state index contributed by atoms with van der Waals surface area (Å²) in [5.41, 5.74) is 1.81. The molecule has 0 saturated heterocycles. The van der Waals surface area contributed by atoms with E-state index in [2.05, 4.69) is 10.6 Å². The van der Waals surface area contributed by atoms with E-state index in [1.807, 2.05) is 50.2 Å². The van der Waals surface area contributed by atoms with Crippen molar-refractivity contribution in [2.75, 3.05) is 46.9 Å². The van der Waals surface area contributed by atoms with Gasteiger partial charge in [-0.15, -0.1) is 24.0 Å². The van der Waals surface area contributed by atoms with Crippen molar-refractivity contribution >= 4 is 35.6 Å². The molecule has 0 heterocycles. The first-order valence-corrected chi connectivity index (χ1v) is 10.1. The number of halogens is 1. The number of hydrogen-bond donors (Lipinski definition) is 2. The van der Waals surface area contributed by atoms with Gasteiger partial charge in [-0.25, -0.2) is 4.99 Å². The number of guanidine groups is 1. The lowest BCUT2D eigenvalue weighted by Crippen LogP contribution is -2.33. The summed E-state index contributed by atoms with van der Waals surface area (Å²) >= 11 is 0. The molecule has 2 aromatic rings. The maximum Gasteiger partial charge on any atom is 0.203 e. The normalized spacial score (nSPS) is 10.9. The molecule has 178 valence electrons. The number of methoxy groups -OCH3 is 4. The summed E-state index contributed by atoms with van der Waals surface area (Å²) in [7, 11) is 6.43.